The molecule has 2 aliphatic carbocycles. The summed E-state index contributed by atoms with van der Waals surface area (Å²) in [5.41, 5.74) is 2.08. The number of carboxylic acids is 1. The molecule has 0 unspecified atom stereocenters. The molecule has 2 atom stereocenters. The number of rotatable bonds is 10. The van der Waals surface area contributed by atoms with Gasteiger partial charge in [0.1, 0.15) is 11.4 Å². The number of hydrogen-bond acceptors (Lipinski definition) is 7. The minimum atomic E-state index is -0.762. The Morgan fingerprint density at radius 2 is 2.12 bits per heavy atom. The van der Waals surface area contributed by atoms with Gasteiger partial charge >= 0.3 is 12.1 Å². The van der Waals surface area contributed by atoms with Crippen molar-refractivity contribution >= 4 is 12.1 Å². The first-order valence-electron chi connectivity index (χ1n) is 12.0. The fraction of sp³-hybridized carbons (Fsp3) is 0.625. The predicted molar refractivity (Wildman–Crippen MR) is 123 cm³/mol. The number of nitrogens with one attached hydrogen (secondary N) is 1. The van der Waals surface area contributed by atoms with Gasteiger partial charge in [-0.3, -0.25) is 9.78 Å². The average molecular weight is 472 g/mol. The molecule has 0 saturated heterocycles. The van der Waals surface area contributed by atoms with Crippen LogP contribution in [-0.2, 0) is 23.1 Å². The van der Waals surface area contributed by atoms with Gasteiger partial charge in [-0.1, -0.05) is 18.6 Å². The Bertz CT molecular complexity index is 1000. The second kappa shape index (κ2) is 10.4. The van der Waals surface area contributed by atoms with Crippen LogP contribution in [0.15, 0.2) is 18.3 Å². The first-order valence-corrected chi connectivity index (χ1v) is 12.0. The van der Waals surface area contributed by atoms with E-state index in [1.807, 2.05) is 0 Å². The van der Waals surface area contributed by atoms with Crippen LogP contribution in [0.25, 0.3) is 11.4 Å². The number of ether oxygens (including phenoxy) is 2. The van der Waals surface area contributed by atoms with Crippen molar-refractivity contribution in [3.8, 4) is 17.1 Å². The number of amides is 1. The lowest BCUT2D eigenvalue weighted by Crippen LogP contribution is -2.29. The summed E-state index contributed by atoms with van der Waals surface area (Å²) in [5.74, 6) is -0.524. The molecule has 2 saturated carbocycles. The van der Waals surface area contributed by atoms with Gasteiger partial charge < -0.3 is 19.9 Å². The maximum atomic E-state index is 12.2. The van der Waals surface area contributed by atoms with E-state index in [9.17, 15) is 14.7 Å². The van der Waals surface area contributed by atoms with E-state index in [1.54, 1.807) is 30.1 Å². The number of alkyl carbamates (subject to hydrolysis) is 1. The third-order valence-electron chi connectivity index (χ3n) is 6.85. The van der Waals surface area contributed by atoms with E-state index in [0.717, 1.165) is 38.5 Å². The van der Waals surface area contributed by atoms with Gasteiger partial charge in [-0.25, -0.2) is 9.48 Å². The van der Waals surface area contributed by atoms with Gasteiger partial charge in [-0.2, -0.15) is 0 Å². The molecular formula is C24H33N5O5. The molecule has 0 aromatic carbocycles. The van der Waals surface area contributed by atoms with Crippen LogP contribution in [0.2, 0.25) is 0 Å². The molecule has 0 aliphatic heterocycles. The van der Waals surface area contributed by atoms with Gasteiger partial charge in [0.15, 0.2) is 0 Å². The highest BCUT2D eigenvalue weighted by Crippen LogP contribution is 2.49. The molecule has 0 spiro atoms. The first-order chi connectivity index (χ1) is 16.4. The lowest BCUT2D eigenvalue weighted by Gasteiger charge is -2.27. The monoisotopic (exact) mass is 471 g/mol. The summed E-state index contributed by atoms with van der Waals surface area (Å²) < 4.78 is 13.0. The average Bonchev–Trinajstić information content (AvgIpc) is 3.50. The molecule has 2 N–H and O–H groups in total. The Morgan fingerprint density at radius 3 is 2.79 bits per heavy atom. The summed E-state index contributed by atoms with van der Waals surface area (Å²) in [6.07, 6.45) is 8.34. The Kier molecular flexibility index (Phi) is 7.33. The number of aliphatic carboxylic acids is 1. The predicted octanol–water partition coefficient (Wildman–Crippen LogP) is 3.71. The minimum Gasteiger partial charge on any atom is -0.489 e. The first kappa shape index (κ1) is 24.0. The number of carboxylic acid groups (broad SMARTS) is 1. The van der Waals surface area contributed by atoms with E-state index in [1.165, 1.54) is 0 Å². The van der Waals surface area contributed by atoms with Crippen LogP contribution in [0.5, 0.6) is 5.75 Å². The molecule has 34 heavy (non-hydrogen) atoms. The van der Waals surface area contributed by atoms with Crippen molar-refractivity contribution in [2.75, 3.05) is 6.61 Å². The van der Waals surface area contributed by atoms with Crippen molar-refractivity contribution in [1.82, 2.24) is 25.3 Å². The molecule has 2 heterocycles. The van der Waals surface area contributed by atoms with Crippen molar-refractivity contribution in [2.24, 2.45) is 18.4 Å². The third-order valence-corrected chi connectivity index (χ3v) is 6.85. The molecule has 184 valence electrons. The van der Waals surface area contributed by atoms with Crippen molar-refractivity contribution in [3.63, 3.8) is 0 Å². The number of carbonyl (C=O) groups is 2. The van der Waals surface area contributed by atoms with Crippen LogP contribution >= 0.6 is 0 Å². The van der Waals surface area contributed by atoms with Crippen LogP contribution in [-0.4, -0.2) is 49.9 Å². The zero-order chi connectivity index (χ0) is 24.1. The molecule has 2 aromatic heterocycles. The molecule has 4 rings (SSSR count). The van der Waals surface area contributed by atoms with Crippen molar-refractivity contribution in [3.05, 3.63) is 24.0 Å². The van der Waals surface area contributed by atoms with Crippen LogP contribution in [0.3, 0.4) is 0 Å². The number of aryl methyl sites for hydroxylation is 1. The number of hydrogen-bond donors (Lipinski definition) is 2. The van der Waals surface area contributed by atoms with Gasteiger partial charge in [0.05, 0.1) is 42.8 Å². The minimum absolute atomic E-state index is 0.128. The molecule has 2 aliphatic rings. The highest BCUT2D eigenvalue weighted by atomic mass is 16.5. The van der Waals surface area contributed by atoms with Gasteiger partial charge in [0.2, 0.25) is 0 Å². The van der Waals surface area contributed by atoms with Gasteiger partial charge in [0.25, 0.3) is 0 Å². The molecule has 1 amide bonds. The number of pyridine rings is 1. The van der Waals surface area contributed by atoms with E-state index in [2.05, 4.69) is 27.5 Å². The highest BCUT2D eigenvalue weighted by Gasteiger charge is 2.42. The van der Waals surface area contributed by atoms with E-state index in [0.29, 0.717) is 42.3 Å². The van der Waals surface area contributed by atoms with E-state index in [4.69, 9.17) is 9.47 Å². The van der Waals surface area contributed by atoms with Crippen LogP contribution in [0.4, 0.5) is 4.79 Å². The highest BCUT2D eigenvalue weighted by molar-refractivity contribution is 5.70. The second-order valence-corrected chi connectivity index (χ2v) is 9.51. The van der Waals surface area contributed by atoms with Gasteiger partial charge in [-0.15, -0.1) is 5.10 Å². The molecule has 10 nitrogen and oxygen atoms in total. The molecular weight excluding hydrogens is 438 g/mol. The topological polar surface area (TPSA) is 128 Å². The molecule has 2 fully saturated rings. The lowest BCUT2D eigenvalue weighted by molar-refractivity contribution is -0.143. The van der Waals surface area contributed by atoms with E-state index >= 15 is 0 Å². The Labute approximate surface area is 199 Å². The normalized spacial score (nSPS) is 21.0. The summed E-state index contributed by atoms with van der Waals surface area (Å²) in [6.45, 7) is 2.83. The number of nitrogens with zero attached hydrogens (tertiary/aromatic N) is 4. The Hall–Kier alpha value is -3.17. The smallest absolute Gasteiger partial charge is 0.407 e. The summed E-state index contributed by atoms with van der Waals surface area (Å²) >= 11 is 0. The fourth-order valence-corrected chi connectivity index (χ4v) is 4.63. The zero-order valence-electron chi connectivity index (χ0n) is 19.8. The van der Waals surface area contributed by atoms with Crippen LogP contribution in [0.1, 0.15) is 64.0 Å². The molecule has 2 aromatic rings. The standard InChI is InChI=1S/C24H33N5O5/c1-3-9-24(10-11-24)15-33-23(32)26-14-20-21(27-28-29(20)2)19-8-7-18(13-25-19)34-17-6-4-5-16(12-17)22(30)31/h7-8,13,16-17H,3-6,9-12,14-15H2,1-2H3,(H,26,32)(H,30,31)/t16-,17-/m0/s1. The summed E-state index contributed by atoms with van der Waals surface area (Å²) in [7, 11) is 1.76. The van der Waals surface area contributed by atoms with E-state index in [-0.39, 0.29) is 24.0 Å². The second-order valence-electron chi connectivity index (χ2n) is 9.51. The Balaban J connectivity index is 1.33. The van der Waals surface area contributed by atoms with Crippen molar-refractivity contribution in [2.45, 2.75) is 70.9 Å². The van der Waals surface area contributed by atoms with Crippen LogP contribution < -0.4 is 10.1 Å². The van der Waals surface area contributed by atoms with Gasteiger partial charge in [0, 0.05) is 12.5 Å². The number of aromatic nitrogens is 4. The summed E-state index contributed by atoms with van der Waals surface area (Å²) in [4.78, 5) is 28.0. The largest absolute Gasteiger partial charge is 0.489 e. The van der Waals surface area contributed by atoms with Gasteiger partial charge in [-0.05, 0) is 57.1 Å². The maximum absolute atomic E-state index is 12.2. The Morgan fingerprint density at radius 1 is 1.29 bits per heavy atom. The SMILES string of the molecule is CCCC1(COC(=O)NCc2c(-c3ccc(O[C@H]4CCC[C@H](C(=O)O)C4)cn3)nnn2C)CC1. The molecule has 10 heteroatoms. The quantitative estimate of drug-likeness (QED) is 0.537. The third kappa shape index (κ3) is 5.84. The van der Waals surface area contributed by atoms with Crippen molar-refractivity contribution in [1.29, 1.82) is 0 Å². The zero-order valence-corrected chi connectivity index (χ0v) is 19.8. The summed E-state index contributed by atoms with van der Waals surface area (Å²) in [5, 5.41) is 20.3. The van der Waals surface area contributed by atoms with Crippen LogP contribution in [0, 0.1) is 11.3 Å². The lowest BCUT2D eigenvalue weighted by atomic mass is 9.87. The van der Waals surface area contributed by atoms with E-state index < -0.39 is 12.1 Å². The molecule has 0 radical (unpaired) electrons. The number of carbonyl (C=O) groups excluding carboxylic acids is 1. The summed E-state index contributed by atoms with van der Waals surface area (Å²) in [6, 6.07) is 3.59. The van der Waals surface area contributed by atoms with Crippen molar-refractivity contribution < 1.29 is 24.2 Å². The maximum Gasteiger partial charge on any atom is 0.407 e. The fourth-order valence-electron chi connectivity index (χ4n) is 4.63. The molecule has 0 bridgehead atoms.